The number of aliphatic hydroxyl groups excluding tert-OH is 1. The van der Waals surface area contributed by atoms with Crippen molar-refractivity contribution >= 4 is 17.4 Å². The van der Waals surface area contributed by atoms with E-state index >= 15 is 0 Å². The summed E-state index contributed by atoms with van der Waals surface area (Å²) in [4.78, 5) is 17.1. The van der Waals surface area contributed by atoms with Crippen LogP contribution in [0.5, 0.6) is 0 Å². The Morgan fingerprint density at radius 3 is 2.65 bits per heavy atom. The molecule has 1 aromatic heterocycles. The van der Waals surface area contributed by atoms with E-state index in [1.807, 2.05) is 13.8 Å². The Hall–Kier alpha value is -1.82. The van der Waals surface area contributed by atoms with Crippen LogP contribution in [0.25, 0.3) is 0 Å². The Balaban J connectivity index is 3.26. The third-order valence-electron chi connectivity index (χ3n) is 2.77. The van der Waals surface area contributed by atoms with Crippen molar-refractivity contribution in [3.63, 3.8) is 0 Å². The van der Waals surface area contributed by atoms with Crippen molar-refractivity contribution in [3.05, 3.63) is 17.8 Å². The molecule has 17 heavy (non-hydrogen) atoms. The summed E-state index contributed by atoms with van der Waals surface area (Å²) in [6.07, 6.45) is 1.45. The predicted molar refractivity (Wildman–Crippen MR) is 66.7 cm³/mol. The molecule has 1 heterocycles. The molecule has 6 heteroatoms. The molecule has 0 aromatic carbocycles. The molecule has 0 aliphatic rings. The van der Waals surface area contributed by atoms with Crippen LogP contribution in [0.2, 0.25) is 0 Å². The summed E-state index contributed by atoms with van der Waals surface area (Å²) < 4.78 is 0. The van der Waals surface area contributed by atoms with Gasteiger partial charge in [0, 0.05) is 7.05 Å². The first-order chi connectivity index (χ1) is 7.79. The van der Waals surface area contributed by atoms with E-state index in [0.29, 0.717) is 11.5 Å². The first kappa shape index (κ1) is 13.2. The molecule has 0 saturated carbocycles. The second kappa shape index (κ2) is 4.58. The Labute approximate surface area is 100 Å². The fourth-order valence-electron chi connectivity index (χ4n) is 1.32. The van der Waals surface area contributed by atoms with E-state index < -0.39 is 11.4 Å². The van der Waals surface area contributed by atoms with E-state index in [4.69, 9.17) is 11.5 Å². The summed E-state index contributed by atoms with van der Waals surface area (Å²) >= 11 is 0. The molecular formula is C11H18N4O2. The zero-order valence-corrected chi connectivity index (χ0v) is 10.3. The number of pyridine rings is 1. The molecule has 5 N–H and O–H groups in total. The van der Waals surface area contributed by atoms with Crippen molar-refractivity contribution in [1.82, 2.24) is 4.98 Å². The van der Waals surface area contributed by atoms with E-state index in [1.54, 1.807) is 11.9 Å². The number of carbonyl (C=O) groups is 1. The fourth-order valence-corrected chi connectivity index (χ4v) is 1.32. The number of nitrogens with zero attached hydrogens (tertiary/aromatic N) is 2. The van der Waals surface area contributed by atoms with Gasteiger partial charge in [0.1, 0.15) is 5.82 Å². The first-order valence-corrected chi connectivity index (χ1v) is 5.19. The third kappa shape index (κ3) is 2.65. The van der Waals surface area contributed by atoms with E-state index in [0.717, 1.165) is 0 Å². The van der Waals surface area contributed by atoms with Crippen LogP contribution in [0.4, 0.5) is 11.5 Å². The average Bonchev–Trinajstić information content (AvgIpc) is 2.28. The van der Waals surface area contributed by atoms with E-state index in [1.165, 1.54) is 12.3 Å². The topological polar surface area (TPSA) is 105 Å². The molecule has 0 radical (unpaired) electrons. The molecule has 0 unspecified atom stereocenters. The van der Waals surface area contributed by atoms with Crippen LogP contribution in [0.3, 0.4) is 0 Å². The molecule has 1 aromatic rings. The zero-order chi connectivity index (χ0) is 13.2. The third-order valence-corrected chi connectivity index (χ3v) is 2.77. The number of primary amides is 1. The lowest BCUT2D eigenvalue weighted by molar-refractivity contribution is 0.1000. The number of amides is 1. The molecule has 0 saturated heterocycles. The monoisotopic (exact) mass is 238 g/mol. The number of likely N-dealkylation sites (N-methyl/N-ethyl adjacent to an activating group) is 1. The van der Waals surface area contributed by atoms with E-state index in [-0.39, 0.29) is 12.2 Å². The Bertz CT molecular complexity index is 431. The maximum absolute atomic E-state index is 11.3. The summed E-state index contributed by atoms with van der Waals surface area (Å²) in [5.74, 6) is -0.189. The Kier molecular flexibility index (Phi) is 3.57. The molecule has 0 aliphatic carbocycles. The second-order valence-corrected chi connectivity index (χ2v) is 4.53. The molecule has 0 atom stereocenters. The predicted octanol–water partition coefficient (Wildman–Crippen LogP) is -0.0302. The molecule has 6 nitrogen and oxygen atoms in total. The number of aromatic nitrogens is 1. The van der Waals surface area contributed by atoms with Crippen molar-refractivity contribution in [2.24, 2.45) is 5.73 Å². The van der Waals surface area contributed by atoms with Gasteiger partial charge >= 0.3 is 0 Å². The summed E-state index contributed by atoms with van der Waals surface area (Å²) in [7, 11) is 1.74. The van der Waals surface area contributed by atoms with Crippen molar-refractivity contribution in [2.75, 3.05) is 24.3 Å². The number of hydrogen-bond acceptors (Lipinski definition) is 5. The highest BCUT2D eigenvalue weighted by molar-refractivity contribution is 5.98. The normalized spacial score (nSPS) is 11.3. The van der Waals surface area contributed by atoms with Crippen LogP contribution in [-0.4, -0.2) is 35.2 Å². The van der Waals surface area contributed by atoms with Crippen LogP contribution in [-0.2, 0) is 0 Å². The highest BCUT2D eigenvalue weighted by Crippen LogP contribution is 2.24. The lowest BCUT2D eigenvalue weighted by atomic mass is 10.0. The highest BCUT2D eigenvalue weighted by atomic mass is 16.3. The van der Waals surface area contributed by atoms with Crippen molar-refractivity contribution in [3.8, 4) is 0 Å². The maximum Gasteiger partial charge on any atom is 0.252 e. The molecule has 0 bridgehead atoms. The molecule has 0 spiro atoms. The summed E-state index contributed by atoms with van der Waals surface area (Å²) in [5.41, 5.74) is 10.9. The lowest BCUT2D eigenvalue weighted by Crippen LogP contribution is -2.45. The minimum atomic E-state index is -0.597. The number of aliphatic hydroxyl groups is 1. The fraction of sp³-hybridized carbons (Fsp3) is 0.455. The number of hydrogen-bond donors (Lipinski definition) is 3. The average molecular weight is 238 g/mol. The zero-order valence-electron chi connectivity index (χ0n) is 10.3. The molecule has 1 rings (SSSR count). The van der Waals surface area contributed by atoms with Crippen LogP contribution < -0.4 is 16.4 Å². The highest BCUT2D eigenvalue weighted by Gasteiger charge is 2.26. The van der Waals surface area contributed by atoms with Gasteiger partial charge in [-0.05, 0) is 19.9 Å². The van der Waals surface area contributed by atoms with Gasteiger partial charge in [-0.1, -0.05) is 0 Å². The SMILES string of the molecule is CN(c1ncc(N)cc1C(N)=O)C(C)(C)CO. The minimum Gasteiger partial charge on any atom is -0.397 e. The van der Waals surface area contributed by atoms with Gasteiger partial charge in [0.05, 0.1) is 29.6 Å². The number of rotatable bonds is 4. The Morgan fingerprint density at radius 2 is 2.18 bits per heavy atom. The van der Waals surface area contributed by atoms with Gasteiger partial charge in [-0.3, -0.25) is 4.79 Å². The smallest absolute Gasteiger partial charge is 0.252 e. The lowest BCUT2D eigenvalue weighted by Gasteiger charge is -2.35. The molecule has 1 amide bonds. The van der Waals surface area contributed by atoms with Gasteiger partial charge in [-0.2, -0.15) is 0 Å². The number of nitrogen functional groups attached to an aromatic ring is 1. The summed E-state index contributed by atoms with van der Waals surface area (Å²) in [6, 6.07) is 1.48. The largest absolute Gasteiger partial charge is 0.397 e. The first-order valence-electron chi connectivity index (χ1n) is 5.19. The van der Waals surface area contributed by atoms with Gasteiger partial charge in [-0.25, -0.2) is 4.98 Å². The molecule has 94 valence electrons. The van der Waals surface area contributed by atoms with E-state index in [9.17, 15) is 9.90 Å². The maximum atomic E-state index is 11.3. The van der Waals surface area contributed by atoms with Gasteiger partial charge < -0.3 is 21.5 Å². The molecule has 0 aliphatic heterocycles. The van der Waals surface area contributed by atoms with Crippen LogP contribution >= 0.6 is 0 Å². The van der Waals surface area contributed by atoms with Crippen LogP contribution in [0.15, 0.2) is 12.3 Å². The Morgan fingerprint density at radius 1 is 1.59 bits per heavy atom. The number of carbonyl (C=O) groups excluding carboxylic acids is 1. The van der Waals surface area contributed by atoms with Gasteiger partial charge in [0.15, 0.2) is 0 Å². The number of anilines is 2. The van der Waals surface area contributed by atoms with Crippen molar-refractivity contribution < 1.29 is 9.90 Å². The number of nitrogens with two attached hydrogens (primary N) is 2. The standard InChI is InChI=1S/C11H18N4O2/c1-11(2,6-16)15(3)10-8(9(13)17)4-7(12)5-14-10/h4-5,16H,6,12H2,1-3H3,(H2,13,17). The van der Waals surface area contributed by atoms with Crippen molar-refractivity contribution in [2.45, 2.75) is 19.4 Å². The summed E-state index contributed by atoms with van der Waals surface area (Å²) in [6.45, 7) is 3.58. The van der Waals surface area contributed by atoms with Gasteiger partial charge in [0.25, 0.3) is 5.91 Å². The molecular weight excluding hydrogens is 220 g/mol. The molecule has 0 fully saturated rings. The van der Waals surface area contributed by atoms with Crippen LogP contribution in [0, 0.1) is 0 Å². The van der Waals surface area contributed by atoms with Crippen LogP contribution in [0.1, 0.15) is 24.2 Å². The summed E-state index contributed by atoms with van der Waals surface area (Å²) in [5, 5.41) is 9.30. The van der Waals surface area contributed by atoms with E-state index in [2.05, 4.69) is 4.98 Å². The van der Waals surface area contributed by atoms with Gasteiger partial charge in [0.2, 0.25) is 0 Å². The second-order valence-electron chi connectivity index (χ2n) is 4.53. The minimum absolute atomic E-state index is 0.0756. The van der Waals surface area contributed by atoms with Gasteiger partial charge in [-0.15, -0.1) is 0 Å². The quantitative estimate of drug-likeness (QED) is 0.683. The van der Waals surface area contributed by atoms with Crippen molar-refractivity contribution in [1.29, 1.82) is 0 Å².